The van der Waals surface area contributed by atoms with Crippen LogP contribution in [0.2, 0.25) is 0 Å². The van der Waals surface area contributed by atoms with Gasteiger partial charge in [0.2, 0.25) is 0 Å². The summed E-state index contributed by atoms with van der Waals surface area (Å²) < 4.78 is 5.50. The van der Waals surface area contributed by atoms with Crippen LogP contribution in [0.3, 0.4) is 0 Å². The molecule has 0 aliphatic carbocycles. The summed E-state index contributed by atoms with van der Waals surface area (Å²) in [7, 11) is 0. The number of aryl methyl sites for hydroxylation is 1. The van der Waals surface area contributed by atoms with Crippen molar-refractivity contribution in [3.63, 3.8) is 0 Å². The standard InChI is InChI=1S/C18H20O2/c1-3-20-17-9-6-8-15(12-17)11-16(13-19)18-10-5-4-7-14(18)2/h4-10,12-13,16H,3,11H2,1-2H3. The van der Waals surface area contributed by atoms with Gasteiger partial charge in [0, 0.05) is 5.92 Å². The molecule has 2 nitrogen and oxygen atoms in total. The Hall–Kier alpha value is -2.09. The molecule has 104 valence electrons. The van der Waals surface area contributed by atoms with Gasteiger partial charge in [-0.1, -0.05) is 36.4 Å². The van der Waals surface area contributed by atoms with Crippen molar-refractivity contribution in [3.05, 3.63) is 65.2 Å². The lowest BCUT2D eigenvalue weighted by Crippen LogP contribution is -2.06. The van der Waals surface area contributed by atoms with Gasteiger partial charge in [-0.25, -0.2) is 0 Å². The molecule has 1 unspecified atom stereocenters. The third kappa shape index (κ3) is 3.47. The SMILES string of the molecule is CCOc1cccc(CC(C=O)c2ccccc2C)c1. The summed E-state index contributed by atoms with van der Waals surface area (Å²) >= 11 is 0. The van der Waals surface area contributed by atoms with E-state index >= 15 is 0 Å². The third-order valence-corrected chi connectivity index (χ3v) is 3.42. The zero-order valence-electron chi connectivity index (χ0n) is 12.0. The van der Waals surface area contributed by atoms with E-state index < -0.39 is 0 Å². The van der Waals surface area contributed by atoms with E-state index in [-0.39, 0.29) is 5.92 Å². The number of rotatable bonds is 6. The minimum absolute atomic E-state index is 0.104. The summed E-state index contributed by atoms with van der Waals surface area (Å²) in [4.78, 5) is 11.4. The second-order valence-electron chi connectivity index (χ2n) is 4.88. The van der Waals surface area contributed by atoms with Gasteiger partial charge in [-0.2, -0.15) is 0 Å². The first kappa shape index (κ1) is 14.3. The van der Waals surface area contributed by atoms with Crippen molar-refractivity contribution in [3.8, 4) is 5.75 Å². The molecule has 1 atom stereocenters. The Morgan fingerprint density at radius 2 is 1.95 bits per heavy atom. The largest absolute Gasteiger partial charge is 0.494 e. The third-order valence-electron chi connectivity index (χ3n) is 3.42. The second-order valence-corrected chi connectivity index (χ2v) is 4.88. The molecule has 0 spiro atoms. The molecule has 0 amide bonds. The normalized spacial score (nSPS) is 11.9. The van der Waals surface area contributed by atoms with Gasteiger partial charge < -0.3 is 9.53 Å². The van der Waals surface area contributed by atoms with Gasteiger partial charge in [0.25, 0.3) is 0 Å². The minimum Gasteiger partial charge on any atom is -0.494 e. The fraction of sp³-hybridized carbons (Fsp3) is 0.278. The van der Waals surface area contributed by atoms with Crippen LogP contribution in [0.15, 0.2) is 48.5 Å². The lowest BCUT2D eigenvalue weighted by Gasteiger charge is -2.14. The van der Waals surface area contributed by atoms with Gasteiger partial charge in [-0.15, -0.1) is 0 Å². The molecule has 0 bridgehead atoms. The molecule has 2 aromatic rings. The summed E-state index contributed by atoms with van der Waals surface area (Å²) in [6.45, 7) is 4.66. The first-order chi connectivity index (χ1) is 9.74. The summed E-state index contributed by atoms with van der Waals surface area (Å²) in [5, 5.41) is 0. The van der Waals surface area contributed by atoms with Crippen molar-refractivity contribution < 1.29 is 9.53 Å². The minimum atomic E-state index is -0.104. The molecule has 0 fully saturated rings. The number of hydrogen-bond donors (Lipinski definition) is 0. The molecule has 0 aliphatic heterocycles. The Morgan fingerprint density at radius 3 is 2.65 bits per heavy atom. The van der Waals surface area contributed by atoms with Crippen LogP contribution >= 0.6 is 0 Å². The Labute approximate surface area is 120 Å². The van der Waals surface area contributed by atoms with Crippen molar-refractivity contribution in [1.29, 1.82) is 0 Å². The number of carbonyl (C=O) groups is 1. The van der Waals surface area contributed by atoms with E-state index in [2.05, 4.69) is 0 Å². The molecule has 0 N–H and O–H groups in total. The fourth-order valence-electron chi connectivity index (χ4n) is 2.42. The summed E-state index contributed by atoms with van der Waals surface area (Å²) in [6.07, 6.45) is 1.74. The van der Waals surface area contributed by atoms with Gasteiger partial charge in [-0.3, -0.25) is 0 Å². The van der Waals surface area contributed by atoms with Crippen LogP contribution in [0, 0.1) is 6.92 Å². The summed E-state index contributed by atoms with van der Waals surface area (Å²) in [5.74, 6) is 0.757. The lowest BCUT2D eigenvalue weighted by molar-refractivity contribution is -0.109. The highest BCUT2D eigenvalue weighted by molar-refractivity contribution is 5.64. The molecule has 2 rings (SSSR count). The Morgan fingerprint density at radius 1 is 1.15 bits per heavy atom. The van der Waals surface area contributed by atoms with Crippen molar-refractivity contribution in [2.75, 3.05) is 6.61 Å². The lowest BCUT2D eigenvalue weighted by atomic mass is 9.90. The number of benzene rings is 2. The predicted octanol–water partition coefficient (Wildman–Crippen LogP) is 3.92. The van der Waals surface area contributed by atoms with Crippen LogP contribution in [-0.4, -0.2) is 12.9 Å². The Balaban J connectivity index is 2.20. The molecule has 20 heavy (non-hydrogen) atoms. The Kier molecular flexibility index (Phi) is 4.94. The van der Waals surface area contributed by atoms with E-state index in [0.29, 0.717) is 13.0 Å². The number of ether oxygens (including phenoxy) is 1. The molecular formula is C18H20O2. The fourth-order valence-corrected chi connectivity index (χ4v) is 2.42. The van der Waals surface area contributed by atoms with Gasteiger partial charge >= 0.3 is 0 Å². The van der Waals surface area contributed by atoms with E-state index in [9.17, 15) is 4.79 Å². The zero-order valence-corrected chi connectivity index (χ0v) is 12.0. The van der Waals surface area contributed by atoms with Crippen LogP contribution in [0.4, 0.5) is 0 Å². The molecular weight excluding hydrogens is 248 g/mol. The number of hydrogen-bond acceptors (Lipinski definition) is 2. The zero-order chi connectivity index (χ0) is 14.4. The summed E-state index contributed by atoms with van der Waals surface area (Å²) in [5.41, 5.74) is 3.38. The average Bonchev–Trinajstić information content (AvgIpc) is 2.46. The second kappa shape index (κ2) is 6.90. The van der Waals surface area contributed by atoms with Crippen molar-refractivity contribution in [1.82, 2.24) is 0 Å². The van der Waals surface area contributed by atoms with E-state index in [4.69, 9.17) is 4.74 Å². The molecule has 0 saturated carbocycles. The molecule has 2 aromatic carbocycles. The molecule has 0 heterocycles. The first-order valence-electron chi connectivity index (χ1n) is 6.97. The Bertz CT molecular complexity index is 575. The van der Waals surface area contributed by atoms with Crippen molar-refractivity contribution in [2.24, 2.45) is 0 Å². The van der Waals surface area contributed by atoms with Gasteiger partial charge in [-0.05, 0) is 49.1 Å². The maximum absolute atomic E-state index is 11.4. The van der Waals surface area contributed by atoms with Gasteiger partial charge in [0.15, 0.2) is 0 Å². The van der Waals surface area contributed by atoms with E-state index in [1.54, 1.807) is 0 Å². The molecule has 2 heteroatoms. The smallest absolute Gasteiger partial charge is 0.127 e. The van der Waals surface area contributed by atoms with E-state index in [0.717, 1.165) is 28.7 Å². The summed E-state index contributed by atoms with van der Waals surface area (Å²) in [6, 6.07) is 16.0. The van der Waals surface area contributed by atoms with Crippen LogP contribution in [0.5, 0.6) is 5.75 Å². The highest BCUT2D eigenvalue weighted by Gasteiger charge is 2.13. The van der Waals surface area contributed by atoms with Crippen LogP contribution in [0.1, 0.15) is 29.5 Å². The quantitative estimate of drug-likeness (QED) is 0.742. The topological polar surface area (TPSA) is 26.3 Å². The van der Waals surface area contributed by atoms with Gasteiger partial charge in [0.05, 0.1) is 6.61 Å². The highest BCUT2D eigenvalue weighted by atomic mass is 16.5. The molecule has 0 aromatic heterocycles. The first-order valence-corrected chi connectivity index (χ1v) is 6.97. The molecule has 0 radical (unpaired) electrons. The maximum atomic E-state index is 11.4. The van der Waals surface area contributed by atoms with Crippen LogP contribution < -0.4 is 4.74 Å². The van der Waals surface area contributed by atoms with E-state index in [1.165, 1.54) is 0 Å². The number of aldehydes is 1. The molecule has 0 saturated heterocycles. The van der Waals surface area contributed by atoms with Crippen molar-refractivity contribution >= 4 is 6.29 Å². The van der Waals surface area contributed by atoms with E-state index in [1.807, 2.05) is 62.4 Å². The molecule has 0 aliphatic rings. The maximum Gasteiger partial charge on any atom is 0.127 e. The number of carbonyl (C=O) groups excluding carboxylic acids is 1. The van der Waals surface area contributed by atoms with Crippen molar-refractivity contribution in [2.45, 2.75) is 26.2 Å². The van der Waals surface area contributed by atoms with Crippen LogP contribution in [-0.2, 0) is 11.2 Å². The average molecular weight is 268 g/mol. The highest BCUT2D eigenvalue weighted by Crippen LogP contribution is 2.24. The monoisotopic (exact) mass is 268 g/mol. The van der Waals surface area contributed by atoms with Crippen LogP contribution in [0.25, 0.3) is 0 Å². The predicted molar refractivity (Wildman–Crippen MR) is 81.3 cm³/mol. The van der Waals surface area contributed by atoms with Gasteiger partial charge in [0.1, 0.15) is 12.0 Å².